The molecule has 2 aromatic carbocycles. The molecular formula is C17H13NO4S. The van der Waals surface area contributed by atoms with Gasteiger partial charge in [-0.3, -0.25) is 0 Å². The van der Waals surface area contributed by atoms with Gasteiger partial charge < -0.3 is 14.2 Å². The molecule has 0 unspecified atom stereocenters. The summed E-state index contributed by atoms with van der Waals surface area (Å²) in [5.74, 6) is 0.825. The smallest absolute Gasteiger partial charge is 0.338 e. The highest BCUT2D eigenvalue weighted by atomic mass is 32.1. The summed E-state index contributed by atoms with van der Waals surface area (Å²) in [4.78, 5) is 16.6. The first-order valence-electron chi connectivity index (χ1n) is 7.21. The Morgan fingerprint density at radius 3 is 2.83 bits per heavy atom. The van der Waals surface area contributed by atoms with Crippen molar-refractivity contribution in [1.82, 2.24) is 4.98 Å². The molecule has 0 spiro atoms. The van der Waals surface area contributed by atoms with Gasteiger partial charge in [0.2, 0.25) is 0 Å². The van der Waals surface area contributed by atoms with Crippen molar-refractivity contribution in [2.24, 2.45) is 0 Å². The van der Waals surface area contributed by atoms with Crippen LogP contribution in [0.2, 0.25) is 0 Å². The summed E-state index contributed by atoms with van der Waals surface area (Å²) in [5.41, 5.74) is 1.36. The lowest BCUT2D eigenvalue weighted by Crippen LogP contribution is -2.16. The number of benzene rings is 2. The zero-order chi connectivity index (χ0) is 15.6. The molecule has 1 aliphatic heterocycles. The summed E-state index contributed by atoms with van der Waals surface area (Å²) >= 11 is 1.52. The monoisotopic (exact) mass is 327 g/mol. The number of fused-ring (bicyclic) bond motifs is 2. The van der Waals surface area contributed by atoms with E-state index in [1.807, 2.05) is 24.3 Å². The minimum absolute atomic E-state index is 0.159. The van der Waals surface area contributed by atoms with Crippen LogP contribution >= 0.6 is 11.3 Å². The minimum Gasteiger partial charge on any atom is -0.486 e. The number of aromatic nitrogens is 1. The van der Waals surface area contributed by atoms with Gasteiger partial charge in [0.1, 0.15) is 24.8 Å². The summed E-state index contributed by atoms with van der Waals surface area (Å²) in [6.45, 7) is 1.16. The van der Waals surface area contributed by atoms with Crippen LogP contribution in [-0.2, 0) is 11.3 Å². The van der Waals surface area contributed by atoms with Crippen LogP contribution in [0.15, 0.2) is 42.5 Å². The van der Waals surface area contributed by atoms with Gasteiger partial charge in [-0.15, -0.1) is 11.3 Å². The number of esters is 1. The van der Waals surface area contributed by atoms with E-state index in [1.54, 1.807) is 18.2 Å². The van der Waals surface area contributed by atoms with Crippen LogP contribution in [0.3, 0.4) is 0 Å². The lowest BCUT2D eigenvalue weighted by atomic mass is 10.2. The zero-order valence-corrected chi connectivity index (χ0v) is 13.0. The van der Waals surface area contributed by atoms with Crippen molar-refractivity contribution in [1.29, 1.82) is 0 Å². The van der Waals surface area contributed by atoms with Gasteiger partial charge >= 0.3 is 5.97 Å². The van der Waals surface area contributed by atoms with Crippen molar-refractivity contribution in [3.8, 4) is 11.5 Å². The quantitative estimate of drug-likeness (QED) is 0.690. The number of ether oxygens (including phenoxy) is 3. The van der Waals surface area contributed by atoms with E-state index in [0.29, 0.717) is 30.3 Å². The Kier molecular flexibility index (Phi) is 3.59. The molecular weight excluding hydrogens is 314 g/mol. The first-order valence-corrected chi connectivity index (χ1v) is 8.02. The highest BCUT2D eigenvalue weighted by Gasteiger charge is 2.16. The van der Waals surface area contributed by atoms with Crippen molar-refractivity contribution >= 4 is 27.5 Å². The Labute approximate surface area is 136 Å². The third-order valence-electron chi connectivity index (χ3n) is 3.44. The van der Waals surface area contributed by atoms with Crippen LogP contribution in [0.5, 0.6) is 11.5 Å². The summed E-state index contributed by atoms with van der Waals surface area (Å²) in [5, 5.41) is 0.775. The maximum atomic E-state index is 12.2. The fraction of sp³-hybridized carbons (Fsp3) is 0.176. The predicted octanol–water partition coefficient (Wildman–Crippen LogP) is 3.42. The number of hydrogen-bond donors (Lipinski definition) is 0. The molecule has 0 aliphatic carbocycles. The minimum atomic E-state index is -0.402. The number of rotatable bonds is 3. The fourth-order valence-electron chi connectivity index (χ4n) is 2.36. The van der Waals surface area contributed by atoms with Crippen LogP contribution in [0.25, 0.3) is 10.2 Å². The average molecular weight is 327 g/mol. The van der Waals surface area contributed by atoms with E-state index in [9.17, 15) is 4.79 Å². The molecule has 0 fully saturated rings. The SMILES string of the molecule is O=C(OCc1nc2ccccc2s1)c1ccc2c(c1)OCCO2. The Balaban J connectivity index is 1.47. The largest absolute Gasteiger partial charge is 0.486 e. The lowest BCUT2D eigenvalue weighted by Gasteiger charge is -2.18. The van der Waals surface area contributed by atoms with E-state index in [2.05, 4.69) is 4.98 Å². The Hall–Kier alpha value is -2.60. The maximum Gasteiger partial charge on any atom is 0.338 e. The molecule has 5 nitrogen and oxygen atoms in total. The van der Waals surface area contributed by atoms with Gasteiger partial charge in [-0.2, -0.15) is 0 Å². The van der Waals surface area contributed by atoms with Gasteiger partial charge in [0, 0.05) is 0 Å². The average Bonchev–Trinajstić information content (AvgIpc) is 3.02. The van der Waals surface area contributed by atoms with Crippen molar-refractivity contribution in [3.63, 3.8) is 0 Å². The third-order valence-corrected chi connectivity index (χ3v) is 4.45. The van der Waals surface area contributed by atoms with Gasteiger partial charge in [0.25, 0.3) is 0 Å². The van der Waals surface area contributed by atoms with Gasteiger partial charge in [0.15, 0.2) is 11.5 Å². The normalized spacial score (nSPS) is 13.0. The molecule has 1 aliphatic rings. The first kappa shape index (κ1) is 14.0. The second-order valence-corrected chi connectivity index (χ2v) is 6.13. The van der Waals surface area contributed by atoms with E-state index >= 15 is 0 Å². The topological polar surface area (TPSA) is 57.7 Å². The number of nitrogens with zero attached hydrogens (tertiary/aromatic N) is 1. The fourth-order valence-corrected chi connectivity index (χ4v) is 3.24. The molecule has 0 amide bonds. The standard InChI is InChI=1S/C17H13NO4S/c19-17(11-5-6-13-14(9-11)21-8-7-20-13)22-10-16-18-12-3-1-2-4-15(12)23-16/h1-6,9H,7-8,10H2. The highest BCUT2D eigenvalue weighted by molar-refractivity contribution is 7.18. The van der Waals surface area contributed by atoms with Gasteiger partial charge in [-0.25, -0.2) is 9.78 Å². The molecule has 0 saturated carbocycles. The van der Waals surface area contributed by atoms with E-state index in [-0.39, 0.29) is 6.61 Å². The molecule has 0 radical (unpaired) electrons. The molecule has 4 rings (SSSR count). The zero-order valence-electron chi connectivity index (χ0n) is 12.2. The predicted molar refractivity (Wildman–Crippen MR) is 86.2 cm³/mol. The first-order chi connectivity index (χ1) is 11.3. The van der Waals surface area contributed by atoms with Crippen LogP contribution in [0.1, 0.15) is 15.4 Å². The molecule has 1 aromatic heterocycles. The van der Waals surface area contributed by atoms with Crippen molar-refractivity contribution in [3.05, 3.63) is 53.0 Å². The second-order valence-electron chi connectivity index (χ2n) is 5.01. The van der Waals surface area contributed by atoms with Gasteiger partial charge in [0.05, 0.1) is 15.8 Å². The molecule has 0 N–H and O–H groups in total. The van der Waals surface area contributed by atoms with Crippen LogP contribution in [0, 0.1) is 0 Å². The molecule has 2 heterocycles. The molecule has 0 saturated heterocycles. The number of carbonyl (C=O) groups is 1. The third kappa shape index (κ3) is 2.85. The van der Waals surface area contributed by atoms with Crippen molar-refractivity contribution < 1.29 is 19.0 Å². The number of carbonyl (C=O) groups excluding carboxylic acids is 1. The summed E-state index contributed by atoms with van der Waals surface area (Å²) in [7, 11) is 0. The molecule has 6 heteroatoms. The summed E-state index contributed by atoms with van der Waals surface area (Å²) in [6, 6.07) is 12.9. The van der Waals surface area contributed by atoms with Crippen LogP contribution in [-0.4, -0.2) is 24.2 Å². The second kappa shape index (κ2) is 5.89. The maximum absolute atomic E-state index is 12.2. The van der Waals surface area contributed by atoms with E-state index in [1.165, 1.54) is 11.3 Å². The van der Waals surface area contributed by atoms with Gasteiger partial charge in [-0.05, 0) is 30.3 Å². The summed E-state index contributed by atoms with van der Waals surface area (Å²) in [6.07, 6.45) is 0. The molecule has 23 heavy (non-hydrogen) atoms. The number of para-hydroxylation sites is 1. The lowest BCUT2D eigenvalue weighted by molar-refractivity contribution is 0.0471. The Morgan fingerprint density at radius 2 is 1.96 bits per heavy atom. The molecule has 0 atom stereocenters. The molecule has 3 aromatic rings. The Bertz CT molecular complexity index is 841. The van der Waals surface area contributed by atoms with E-state index in [4.69, 9.17) is 14.2 Å². The van der Waals surface area contributed by atoms with Crippen LogP contribution in [0.4, 0.5) is 0 Å². The summed E-state index contributed by atoms with van der Waals surface area (Å²) < 4.78 is 17.3. The van der Waals surface area contributed by atoms with E-state index in [0.717, 1.165) is 15.2 Å². The van der Waals surface area contributed by atoms with E-state index < -0.39 is 5.97 Å². The molecule has 116 valence electrons. The molecule has 0 bridgehead atoms. The Morgan fingerprint density at radius 1 is 1.13 bits per heavy atom. The van der Waals surface area contributed by atoms with Gasteiger partial charge in [-0.1, -0.05) is 12.1 Å². The number of hydrogen-bond acceptors (Lipinski definition) is 6. The highest BCUT2D eigenvalue weighted by Crippen LogP contribution is 2.31. The van der Waals surface area contributed by atoms with Crippen molar-refractivity contribution in [2.45, 2.75) is 6.61 Å². The van der Waals surface area contributed by atoms with Crippen LogP contribution < -0.4 is 9.47 Å². The van der Waals surface area contributed by atoms with Crippen molar-refractivity contribution in [2.75, 3.05) is 13.2 Å². The number of thiazole rings is 1.